The highest BCUT2D eigenvalue weighted by Gasteiger charge is 2.48. The van der Waals surface area contributed by atoms with Crippen molar-refractivity contribution in [1.29, 1.82) is 0 Å². The van der Waals surface area contributed by atoms with E-state index in [1.807, 2.05) is 12.1 Å². The molecule has 4 atom stereocenters. The molecule has 0 saturated carbocycles. The average Bonchev–Trinajstić information content (AvgIpc) is 3.60. The number of hydrogen-bond donors (Lipinski definition) is 4. The van der Waals surface area contributed by atoms with E-state index in [9.17, 15) is 23.4 Å². The molecule has 0 amide bonds. The van der Waals surface area contributed by atoms with Crippen LogP contribution in [0.25, 0.3) is 22.4 Å². The Labute approximate surface area is 232 Å². The van der Waals surface area contributed by atoms with Crippen LogP contribution >= 0.6 is 11.6 Å². The second kappa shape index (κ2) is 11.4. The fourth-order valence-corrected chi connectivity index (χ4v) is 5.06. The molecule has 0 aliphatic carbocycles. The van der Waals surface area contributed by atoms with Crippen molar-refractivity contribution in [2.75, 3.05) is 31.2 Å². The Morgan fingerprint density at radius 3 is 2.38 bits per heavy atom. The molecule has 3 aliphatic rings. The molecule has 3 fully saturated rings. The molecule has 5 heterocycles. The molecule has 1 aromatic carbocycles. The van der Waals surface area contributed by atoms with Crippen molar-refractivity contribution in [3.8, 4) is 17.3 Å². The molecule has 4 N–H and O–H groups in total. The van der Waals surface area contributed by atoms with Gasteiger partial charge in [0.25, 0.3) is 6.01 Å². The van der Waals surface area contributed by atoms with Crippen molar-refractivity contribution >= 4 is 28.5 Å². The molecule has 216 valence electrons. The topological polar surface area (TPSA) is 133 Å². The number of hydrogen-bond acceptors (Lipinski definition) is 9. The van der Waals surface area contributed by atoms with Gasteiger partial charge in [-0.3, -0.25) is 0 Å². The molecular formula is C26H28ClF3N4O6. The maximum atomic E-state index is 10.8. The first-order valence-corrected chi connectivity index (χ1v) is 13.0. The number of allylic oxidation sites excluding steroid dienone is 1. The third-order valence-corrected chi connectivity index (χ3v) is 7.24. The Bertz CT molecular complexity index is 1350. The predicted molar refractivity (Wildman–Crippen MR) is 140 cm³/mol. The first-order valence-electron chi connectivity index (χ1n) is 12.6. The van der Waals surface area contributed by atoms with E-state index in [1.54, 1.807) is 6.07 Å². The number of nitrogens with one attached hydrogen (secondary N) is 1. The van der Waals surface area contributed by atoms with Crippen LogP contribution in [0.5, 0.6) is 6.01 Å². The van der Waals surface area contributed by atoms with Crippen molar-refractivity contribution < 1.29 is 42.7 Å². The van der Waals surface area contributed by atoms with Gasteiger partial charge in [-0.25, -0.2) is 4.98 Å². The minimum Gasteiger partial charge on any atom is -0.505 e. The number of aromatic amines is 1. The zero-order chi connectivity index (χ0) is 28.6. The lowest BCUT2D eigenvalue weighted by molar-refractivity contribution is -0.119. The second-order valence-electron chi connectivity index (χ2n) is 9.76. The van der Waals surface area contributed by atoms with E-state index in [0.717, 1.165) is 37.2 Å². The minimum atomic E-state index is -4.64. The number of nitrogens with zero attached hydrogens (tertiary/aromatic N) is 3. The Kier molecular flexibility index (Phi) is 8.11. The van der Waals surface area contributed by atoms with E-state index in [-0.39, 0.29) is 31.0 Å². The zero-order valence-electron chi connectivity index (χ0n) is 21.1. The van der Waals surface area contributed by atoms with Crippen LogP contribution < -0.4 is 9.64 Å². The fraction of sp³-hybridized carbons (Fsp3) is 0.462. The van der Waals surface area contributed by atoms with Gasteiger partial charge in [-0.2, -0.15) is 18.2 Å². The van der Waals surface area contributed by atoms with Gasteiger partial charge in [-0.1, -0.05) is 30.3 Å². The molecule has 14 heteroatoms. The van der Waals surface area contributed by atoms with Gasteiger partial charge < -0.3 is 39.4 Å². The number of rotatable bonds is 4. The van der Waals surface area contributed by atoms with E-state index in [2.05, 4.69) is 38.6 Å². The molecule has 0 spiro atoms. The minimum absolute atomic E-state index is 0.196. The van der Waals surface area contributed by atoms with Gasteiger partial charge in [0.15, 0.2) is 17.5 Å². The zero-order valence-corrected chi connectivity index (χ0v) is 21.9. The molecule has 0 bridgehead atoms. The summed E-state index contributed by atoms with van der Waals surface area (Å²) in [6.07, 6.45) is -4.93. The largest absolute Gasteiger partial charge is 0.505 e. The average molecular weight is 585 g/mol. The lowest BCUT2D eigenvalue weighted by Crippen LogP contribution is -2.35. The van der Waals surface area contributed by atoms with E-state index >= 15 is 0 Å². The number of benzene rings is 1. The highest BCUT2D eigenvalue weighted by molar-refractivity contribution is 6.33. The van der Waals surface area contributed by atoms with Crippen LogP contribution in [0.2, 0.25) is 5.02 Å². The lowest BCUT2D eigenvalue weighted by atomic mass is 10.1. The van der Waals surface area contributed by atoms with Crippen LogP contribution in [0.3, 0.4) is 0 Å². The second-order valence-corrected chi connectivity index (χ2v) is 10.2. The van der Waals surface area contributed by atoms with Crippen molar-refractivity contribution in [3.63, 3.8) is 0 Å². The number of aliphatic hydroxyl groups is 3. The molecule has 3 aromatic rings. The van der Waals surface area contributed by atoms with Crippen molar-refractivity contribution in [2.45, 2.75) is 49.5 Å². The summed E-state index contributed by atoms with van der Waals surface area (Å²) >= 11 is 6.55. The number of alkyl halides is 3. The number of ether oxygens (including phenoxy) is 3. The van der Waals surface area contributed by atoms with E-state index in [1.165, 1.54) is 0 Å². The van der Waals surface area contributed by atoms with Gasteiger partial charge in [-0.05, 0) is 31.0 Å². The number of imidazole rings is 1. The van der Waals surface area contributed by atoms with Gasteiger partial charge in [0.05, 0.1) is 35.6 Å². The third kappa shape index (κ3) is 6.13. The molecule has 3 saturated heterocycles. The monoisotopic (exact) mass is 584 g/mol. The van der Waals surface area contributed by atoms with Crippen molar-refractivity contribution in [3.05, 3.63) is 47.7 Å². The van der Waals surface area contributed by atoms with Crippen LogP contribution in [0.1, 0.15) is 12.8 Å². The first-order chi connectivity index (χ1) is 19.0. The molecule has 10 nitrogen and oxygen atoms in total. The van der Waals surface area contributed by atoms with Gasteiger partial charge in [0, 0.05) is 24.3 Å². The smallest absolute Gasteiger partial charge is 0.448 e. The molecule has 2 aromatic heterocycles. The summed E-state index contributed by atoms with van der Waals surface area (Å²) in [6.45, 7) is 4.52. The summed E-state index contributed by atoms with van der Waals surface area (Å²) in [5.41, 5.74) is 3.84. The van der Waals surface area contributed by atoms with Crippen LogP contribution in [-0.4, -0.2) is 93.3 Å². The molecular weight excluding hydrogens is 557 g/mol. The van der Waals surface area contributed by atoms with Crippen LogP contribution in [0, 0.1) is 0 Å². The normalized spacial score (nSPS) is 25.0. The van der Waals surface area contributed by atoms with Gasteiger partial charge in [0.1, 0.15) is 18.3 Å². The predicted octanol–water partition coefficient (Wildman–Crippen LogP) is 3.77. The Hall–Kier alpha value is -3.10. The SMILES string of the molecule is C=C(O)C(F)(F)F.OC1CCN(c2ccc(-c3nc4nc(O[C@@H]5CO[C@H]6[C@@H]5OC[C@H]6O)[nH]c4cc3Cl)cc2)CC1. The number of H-pyrrole nitrogens is 1. The van der Waals surface area contributed by atoms with Crippen LogP contribution in [0.4, 0.5) is 18.9 Å². The standard InChI is InChI=1S/C23H25ClN4O5.C3H3F3O/c24-15-9-16-22(27-23(25-16)33-18-11-32-20-17(30)10-31-21(18)20)26-19(15)12-1-3-13(4-2-12)28-7-5-14(29)6-8-28;1-2(7)3(4,5)6/h1-4,9,14,17-18,20-21,29-30H,5-8,10-11H2,(H,25,26,27);7H,1H2/t17-,18-,20-,21-;/m1./s1. The number of halogens is 4. The summed E-state index contributed by atoms with van der Waals surface area (Å²) in [4.78, 5) is 14.5. The van der Waals surface area contributed by atoms with Gasteiger partial charge >= 0.3 is 6.18 Å². The summed E-state index contributed by atoms with van der Waals surface area (Å²) in [7, 11) is 0. The Morgan fingerprint density at radius 2 is 1.73 bits per heavy atom. The summed E-state index contributed by atoms with van der Waals surface area (Å²) in [5.74, 6) is -1.76. The first kappa shape index (κ1) is 28.4. The summed E-state index contributed by atoms with van der Waals surface area (Å²) < 4.78 is 49.7. The summed E-state index contributed by atoms with van der Waals surface area (Å²) in [6, 6.07) is 10.2. The van der Waals surface area contributed by atoms with Gasteiger partial charge in [0.2, 0.25) is 0 Å². The number of aromatic nitrogens is 3. The van der Waals surface area contributed by atoms with E-state index in [0.29, 0.717) is 34.5 Å². The molecule has 6 rings (SSSR count). The molecule has 0 radical (unpaired) electrons. The third-order valence-electron chi connectivity index (χ3n) is 6.95. The Morgan fingerprint density at radius 1 is 1.07 bits per heavy atom. The molecule has 0 unspecified atom stereocenters. The van der Waals surface area contributed by atoms with Crippen LogP contribution in [-0.2, 0) is 9.47 Å². The van der Waals surface area contributed by atoms with Crippen LogP contribution in [0.15, 0.2) is 42.7 Å². The number of fused-ring (bicyclic) bond motifs is 2. The molecule has 3 aliphatic heterocycles. The fourth-order valence-electron chi connectivity index (χ4n) is 4.80. The lowest BCUT2D eigenvalue weighted by Gasteiger charge is -2.31. The van der Waals surface area contributed by atoms with Crippen molar-refractivity contribution in [2.24, 2.45) is 0 Å². The number of anilines is 1. The summed E-state index contributed by atoms with van der Waals surface area (Å²) in [5, 5.41) is 27.7. The Balaban J connectivity index is 0.000000411. The maximum Gasteiger partial charge on any atom is 0.448 e. The highest BCUT2D eigenvalue weighted by atomic mass is 35.5. The van der Waals surface area contributed by atoms with Gasteiger partial charge in [-0.15, -0.1) is 0 Å². The van der Waals surface area contributed by atoms with E-state index in [4.69, 9.17) is 30.9 Å². The molecule has 40 heavy (non-hydrogen) atoms. The number of aliphatic hydroxyl groups excluding tert-OH is 3. The maximum absolute atomic E-state index is 10.8. The number of piperidine rings is 1. The van der Waals surface area contributed by atoms with E-state index < -0.39 is 18.0 Å². The quantitative estimate of drug-likeness (QED) is 0.338. The highest BCUT2D eigenvalue weighted by Crippen LogP contribution is 2.33. The number of pyridine rings is 1. The van der Waals surface area contributed by atoms with Crippen molar-refractivity contribution in [1.82, 2.24) is 15.0 Å².